The van der Waals surface area contributed by atoms with E-state index in [1.807, 2.05) is 37.3 Å². The molecule has 114 valence electrons. The molecule has 1 aromatic carbocycles. The topological polar surface area (TPSA) is 41.5 Å². The predicted molar refractivity (Wildman–Crippen MR) is 91.7 cm³/mol. The first kappa shape index (κ1) is 15.0. The lowest BCUT2D eigenvalue weighted by Crippen LogP contribution is -2.16. The summed E-state index contributed by atoms with van der Waals surface area (Å²) in [6.07, 6.45) is 5.11. The van der Waals surface area contributed by atoms with E-state index in [9.17, 15) is 4.79 Å². The van der Waals surface area contributed by atoms with Crippen LogP contribution in [0.5, 0.6) is 0 Å². The number of hydrogen-bond acceptors (Lipinski definition) is 3. The van der Waals surface area contributed by atoms with Gasteiger partial charge in [-0.3, -0.25) is 4.79 Å². The van der Waals surface area contributed by atoms with Crippen molar-refractivity contribution in [2.24, 2.45) is 11.0 Å². The van der Waals surface area contributed by atoms with Crippen LogP contribution in [0.2, 0.25) is 0 Å². The van der Waals surface area contributed by atoms with Crippen LogP contribution in [0, 0.1) is 12.8 Å². The molecule has 3 nitrogen and oxygen atoms in total. The number of nitrogens with zero attached hydrogens (tertiary/aromatic N) is 1. The van der Waals surface area contributed by atoms with E-state index >= 15 is 0 Å². The summed E-state index contributed by atoms with van der Waals surface area (Å²) in [5, 5.41) is 4.08. The average Bonchev–Trinajstić information content (AvgIpc) is 2.92. The Morgan fingerprint density at radius 3 is 3.05 bits per heavy atom. The highest BCUT2D eigenvalue weighted by Crippen LogP contribution is 2.32. The molecule has 1 N–H and O–H groups in total. The lowest BCUT2D eigenvalue weighted by molar-refractivity contribution is 0.0959. The minimum Gasteiger partial charge on any atom is -0.266 e. The van der Waals surface area contributed by atoms with Crippen LogP contribution in [0.3, 0.4) is 0 Å². The van der Waals surface area contributed by atoms with Gasteiger partial charge in [0.05, 0.1) is 11.1 Å². The standard InChI is InChI=1S/C18H20N2OS/c1-12-7-8-16-15(9-12)10-17(22-16)18(21)20-19-11-14-6-4-3-5-13(14)2/h3-6,10-12H,7-9H2,1-2H3,(H,20,21)/b19-11-/t12-/m0/s1. The third kappa shape index (κ3) is 3.28. The summed E-state index contributed by atoms with van der Waals surface area (Å²) < 4.78 is 0. The zero-order valence-electron chi connectivity index (χ0n) is 12.9. The summed E-state index contributed by atoms with van der Waals surface area (Å²) >= 11 is 1.61. The molecule has 0 unspecified atom stereocenters. The van der Waals surface area contributed by atoms with E-state index < -0.39 is 0 Å². The molecule has 0 saturated heterocycles. The van der Waals surface area contributed by atoms with Crippen molar-refractivity contribution >= 4 is 23.5 Å². The minimum atomic E-state index is -0.114. The quantitative estimate of drug-likeness (QED) is 0.677. The second-order valence-corrected chi connectivity index (χ2v) is 7.10. The van der Waals surface area contributed by atoms with Gasteiger partial charge >= 0.3 is 0 Å². The second-order valence-electron chi connectivity index (χ2n) is 5.96. The number of rotatable bonds is 3. The fourth-order valence-electron chi connectivity index (χ4n) is 2.76. The highest BCUT2D eigenvalue weighted by Gasteiger charge is 2.20. The monoisotopic (exact) mass is 312 g/mol. The fraction of sp³-hybridized carbons (Fsp3) is 0.333. The molecule has 0 aliphatic heterocycles. The van der Waals surface area contributed by atoms with Crippen LogP contribution >= 0.6 is 11.3 Å². The molecule has 2 aromatic rings. The maximum absolute atomic E-state index is 12.2. The Hall–Kier alpha value is -1.94. The third-order valence-electron chi connectivity index (χ3n) is 4.11. The van der Waals surface area contributed by atoms with Gasteiger partial charge < -0.3 is 0 Å². The number of hydrazone groups is 1. The largest absolute Gasteiger partial charge is 0.281 e. The zero-order chi connectivity index (χ0) is 15.5. The normalized spacial score (nSPS) is 17.5. The van der Waals surface area contributed by atoms with Crippen molar-refractivity contribution < 1.29 is 4.79 Å². The molecule has 3 rings (SSSR count). The maximum atomic E-state index is 12.2. The van der Waals surface area contributed by atoms with Gasteiger partial charge in [0, 0.05) is 4.88 Å². The van der Waals surface area contributed by atoms with E-state index in [1.54, 1.807) is 17.6 Å². The molecule has 0 spiro atoms. The SMILES string of the molecule is Cc1ccccc1/C=N\NC(=O)c1cc2c(s1)CC[C@H](C)C2. The van der Waals surface area contributed by atoms with Gasteiger partial charge in [-0.1, -0.05) is 31.2 Å². The summed E-state index contributed by atoms with van der Waals surface area (Å²) in [6.45, 7) is 4.30. The summed E-state index contributed by atoms with van der Waals surface area (Å²) in [5.41, 5.74) is 6.14. The first-order valence-corrected chi connectivity index (χ1v) is 8.46. The summed E-state index contributed by atoms with van der Waals surface area (Å²) in [6, 6.07) is 10.00. The van der Waals surface area contributed by atoms with Crippen molar-refractivity contribution in [2.75, 3.05) is 0 Å². The van der Waals surface area contributed by atoms with E-state index in [2.05, 4.69) is 17.5 Å². The molecule has 1 amide bonds. The Bertz CT molecular complexity index is 718. The lowest BCUT2D eigenvalue weighted by atomic mass is 9.90. The fourth-order valence-corrected chi connectivity index (χ4v) is 3.86. The Morgan fingerprint density at radius 2 is 2.23 bits per heavy atom. The van der Waals surface area contributed by atoms with E-state index in [4.69, 9.17) is 0 Å². The van der Waals surface area contributed by atoms with Crippen LogP contribution in [0.25, 0.3) is 0 Å². The molecular weight excluding hydrogens is 292 g/mol. The van der Waals surface area contributed by atoms with Crippen molar-refractivity contribution in [1.29, 1.82) is 0 Å². The number of hydrogen-bond donors (Lipinski definition) is 1. The number of carbonyl (C=O) groups excluding carboxylic acids is 1. The lowest BCUT2D eigenvalue weighted by Gasteiger charge is -2.16. The van der Waals surface area contributed by atoms with Crippen LogP contribution in [-0.4, -0.2) is 12.1 Å². The summed E-state index contributed by atoms with van der Waals surface area (Å²) in [5.74, 6) is 0.606. The van der Waals surface area contributed by atoms with Crippen LogP contribution < -0.4 is 5.43 Å². The average molecular weight is 312 g/mol. The van der Waals surface area contributed by atoms with Crippen molar-refractivity contribution in [1.82, 2.24) is 5.43 Å². The maximum Gasteiger partial charge on any atom is 0.281 e. The number of nitrogens with one attached hydrogen (secondary N) is 1. The number of carbonyl (C=O) groups is 1. The molecule has 22 heavy (non-hydrogen) atoms. The molecule has 0 saturated carbocycles. The van der Waals surface area contributed by atoms with E-state index in [-0.39, 0.29) is 5.91 Å². The summed E-state index contributed by atoms with van der Waals surface area (Å²) in [7, 11) is 0. The molecule has 1 aliphatic carbocycles. The highest BCUT2D eigenvalue weighted by atomic mass is 32.1. The van der Waals surface area contributed by atoms with Gasteiger partial charge in [-0.15, -0.1) is 11.3 Å². The smallest absolute Gasteiger partial charge is 0.266 e. The van der Waals surface area contributed by atoms with Crippen molar-refractivity contribution in [2.45, 2.75) is 33.1 Å². The number of thiophene rings is 1. The van der Waals surface area contributed by atoms with E-state index in [1.165, 1.54) is 16.9 Å². The summed E-state index contributed by atoms with van der Waals surface area (Å²) in [4.78, 5) is 14.3. The van der Waals surface area contributed by atoms with Crippen molar-refractivity contribution in [3.63, 3.8) is 0 Å². The van der Waals surface area contributed by atoms with Crippen molar-refractivity contribution in [3.8, 4) is 0 Å². The van der Waals surface area contributed by atoms with Gasteiger partial charge in [0.25, 0.3) is 5.91 Å². The predicted octanol–water partition coefficient (Wildman–Crippen LogP) is 3.95. The Labute approximate surface area is 135 Å². The third-order valence-corrected chi connectivity index (χ3v) is 5.35. The van der Waals surface area contributed by atoms with Gasteiger partial charge in [-0.25, -0.2) is 5.43 Å². The number of amides is 1. The Kier molecular flexibility index (Phi) is 4.39. The number of benzene rings is 1. The zero-order valence-corrected chi connectivity index (χ0v) is 13.7. The molecule has 1 aliphatic rings. The molecule has 1 heterocycles. The van der Waals surface area contributed by atoms with Gasteiger partial charge in [0.15, 0.2) is 0 Å². The molecule has 1 aromatic heterocycles. The van der Waals surface area contributed by atoms with Gasteiger partial charge in [0.1, 0.15) is 0 Å². The molecule has 1 atom stereocenters. The molecule has 0 radical (unpaired) electrons. The highest BCUT2D eigenvalue weighted by molar-refractivity contribution is 7.14. The van der Waals surface area contributed by atoms with Crippen LogP contribution in [0.1, 0.15) is 44.6 Å². The second kappa shape index (κ2) is 6.44. The van der Waals surface area contributed by atoms with Gasteiger partial charge in [-0.2, -0.15) is 5.10 Å². The minimum absolute atomic E-state index is 0.114. The first-order chi connectivity index (χ1) is 10.6. The molecule has 0 fully saturated rings. The van der Waals surface area contributed by atoms with Crippen LogP contribution in [0.15, 0.2) is 35.4 Å². The molecule has 4 heteroatoms. The van der Waals surface area contributed by atoms with Gasteiger partial charge in [-0.05, 0) is 54.9 Å². The number of fused-ring (bicyclic) bond motifs is 1. The molecular formula is C18H20N2OS. The Balaban J connectivity index is 1.67. The van der Waals surface area contributed by atoms with Gasteiger partial charge in [0.2, 0.25) is 0 Å². The first-order valence-electron chi connectivity index (χ1n) is 7.64. The molecule has 0 bridgehead atoms. The van der Waals surface area contributed by atoms with E-state index in [0.29, 0.717) is 0 Å². The van der Waals surface area contributed by atoms with Crippen LogP contribution in [0.4, 0.5) is 0 Å². The van der Waals surface area contributed by atoms with Crippen molar-refractivity contribution in [3.05, 3.63) is 56.8 Å². The Morgan fingerprint density at radius 1 is 1.41 bits per heavy atom. The van der Waals surface area contributed by atoms with E-state index in [0.717, 1.165) is 34.8 Å². The van der Waals surface area contributed by atoms with Crippen LogP contribution in [-0.2, 0) is 12.8 Å². The number of aryl methyl sites for hydroxylation is 2.